The van der Waals surface area contributed by atoms with Gasteiger partial charge in [0.15, 0.2) is 11.6 Å². The van der Waals surface area contributed by atoms with Crippen molar-refractivity contribution in [3.05, 3.63) is 27.1 Å². The van der Waals surface area contributed by atoms with Gasteiger partial charge in [-0.15, -0.1) is 0 Å². The monoisotopic (exact) mass is 348 g/mol. The average Bonchev–Trinajstić information content (AvgIpc) is 2.27. The molecule has 0 atom stereocenters. The number of hydrogen-bond donors (Lipinski definition) is 0. The lowest BCUT2D eigenvalue weighted by atomic mass is 10.2. The van der Waals surface area contributed by atoms with Crippen LogP contribution in [0.3, 0.4) is 0 Å². The molecule has 1 rings (SSSR count). The third-order valence-electron chi connectivity index (χ3n) is 2.17. The molecule has 0 aromatic heterocycles. The van der Waals surface area contributed by atoms with Gasteiger partial charge < -0.3 is 9.64 Å². The quantitative estimate of drug-likeness (QED) is 0.606. The van der Waals surface area contributed by atoms with Crippen LogP contribution in [0.5, 0.6) is 5.75 Å². The summed E-state index contributed by atoms with van der Waals surface area (Å²) < 4.78 is 19.7. The van der Waals surface area contributed by atoms with Gasteiger partial charge in [-0.05, 0) is 55.2 Å². The lowest BCUT2D eigenvalue weighted by molar-refractivity contribution is 0.271. The number of hydrogen-bond acceptors (Lipinski definition) is 3. The first-order valence-electron chi connectivity index (χ1n) is 5.22. The summed E-state index contributed by atoms with van der Waals surface area (Å²) in [6, 6.07) is 5.09. The Balaban J connectivity index is 2.64. The molecule has 1 aromatic carbocycles. The molecule has 17 heavy (non-hydrogen) atoms. The average molecular weight is 348 g/mol. The van der Waals surface area contributed by atoms with E-state index in [1.807, 2.05) is 47.7 Å². The Labute approximate surface area is 114 Å². The lowest BCUT2D eigenvalue weighted by Crippen LogP contribution is -2.15. The number of rotatable bonds is 5. The molecule has 0 bridgehead atoms. The molecule has 0 aliphatic heterocycles. The van der Waals surface area contributed by atoms with Crippen LogP contribution in [0.25, 0.3) is 0 Å². The summed E-state index contributed by atoms with van der Waals surface area (Å²) in [5, 5.41) is 8.81. The zero-order valence-electron chi connectivity index (χ0n) is 9.83. The summed E-state index contributed by atoms with van der Waals surface area (Å²) in [5.74, 6) is -0.412. The number of ether oxygens (including phenoxy) is 1. The molecule has 0 aliphatic carbocycles. The maximum atomic E-state index is 13.8. The van der Waals surface area contributed by atoms with Crippen LogP contribution in [0.2, 0.25) is 0 Å². The molecule has 0 fully saturated rings. The molecule has 0 aliphatic rings. The largest absolute Gasteiger partial charge is 0.490 e. The zero-order chi connectivity index (χ0) is 12.8. The molecule has 0 radical (unpaired) electrons. The first-order chi connectivity index (χ1) is 8.06. The first kappa shape index (κ1) is 14.2. The number of nitrogens with zero attached hydrogens (tertiary/aromatic N) is 2. The summed E-state index contributed by atoms with van der Waals surface area (Å²) >= 11 is 1.93. The second kappa shape index (κ2) is 6.77. The van der Waals surface area contributed by atoms with E-state index in [1.165, 1.54) is 0 Å². The van der Waals surface area contributed by atoms with Crippen LogP contribution in [0.15, 0.2) is 12.1 Å². The van der Waals surface area contributed by atoms with Crippen molar-refractivity contribution in [3.63, 3.8) is 0 Å². The Morgan fingerprint density at radius 2 is 2.18 bits per heavy atom. The van der Waals surface area contributed by atoms with Crippen molar-refractivity contribution in [2.24, 2.45) is 0 Å². The molecule has 3 nitrogen and oxygen atoms in total. The Hall–Kier alpha value is -0.870. The number of benzene rings is 1. The molecule has 0 spiro atoms. The molecule has 0 saturated carbocycles. The van der Waals surface area contributed by atoms with Gasteiger partial charge in [-0.2, -0.15) is 5.26 Å². The van der Waals surface area contributed by atoms with Crippen LogP contribution in [0.1, 0.15) is 12.0 Å². The maximum Gasteiger partial charge on any atom is 0.183 e. The summed E-state index contributed by atoms with van der Waals surface area (Å²) in [4.78, 5) is 2.04. The normalized spacial score (nSPS) is 10.4. The third-order valence-corrected chi connectivity index (χ3v) is 3.07. The maximum absolute atomic E-state index is 13.8. The molecule has 0 unspecified atom stereocenters. The third kappa shape index (κ3) is 4.13. The minimum absolute atomic E-state index is 0.0516. The zero-order valence-corrected chi connectivity index (χ0v) is 12.0. The van der Waals surface area contributed by atoms with E-state index in [4.69, 9.17) is 10.00 Å². The van der Waals surface area contributed by atoms with Crippen LogP contribution >= 0.6 is 22.6 Å². The summed E-state index contributed by atoms with van der Waals surface area (Å²) in [6.45, 7) is 1.33. The Morgan fingerprint density at radius 3 is 2.76 bits per heavy atom. The van der Waals surface area contributed by atoms with E-state index in [1.54, 1.807) is 12.1 Å². The van der Waals surface area contributed by atoms with Gasteiger partial charge in [0, 0.05) is 10.1 Å². The fourth-order valence-corrected chi connectivity index (χ4v) is 1.85. The minimum Gasteiger partial charge on any atom is -0.490 e. The van der Waals surface area contributed by atoms with Crippen LogP contribution in [0, 0.1) is 20.7 Å². The van der Waals surface area contributed by atoms with Crippen LogP contribution < -0.4 is 4.74 Å². The molecule has 0 amide bonds. The van der Waals surface area contributed by atoms with Crippen LogP contribution in [-0.4, -0.2) is 32.1 Å². The highest BCUT2D eigenvalue weighted by Crippen LogP contribution is 2.24. The second-order valence-corrected chi connectivity index (χ2v) is 5.01. The summed E-state index contributed by atoms with van der Waals surface area (Å²) in [5.41, 5.74) is 0.0516. The van der Waals surface area contributed by atoms with Crippen molar-refractivity contribution in [1.82, 2.24) is 4.90 Å². The van der Waals surface area contributed by atoms with Crippen molar-refractivity contribution in [2.45, 2.75) is 6.42 Å². The molecule has 1 aromatic rings. The minimum atomic E-state index is -0.566. The Morgan fingerprint density at radius 1 is 1.47 bits per heavy atom. The van der Waals surface area contributed by atoms with Crippen molar-refractivity contribution in [3.8, 4) is 11.8 Å². The van der Waals surface area contributed by atoms with Crippen LogP contribution in [-0.2, 0) is 0 Å². The molecule has 92 valence electrons. The fourth-order valence-electron chi connectivity index (χ4n) is 1.31. The number of nitriles is 1. The second-order valence-electron chi connectivity index (χ2n) is 3.85. The highest BCUT2D eigenvalue weighted by molar-refractivity contribution is 14.1. The van der Waals surface area contributed by atoms with Crippen LogP contribution in [0.4, 0.5) is 4.39 Å². The van der Waals surface area contributed by atoms with E-state index in [-0.39, 0.29) is 11.3 Å². The summed E-state index contributed by atoms with van der Waals surface area (Å²) in [6.07, 6.45) is 0.820. The van der Waals surface area contributed by atoms with Crippen molar-refractivity contribution in [1.29, 1.82) is 5.26 Å². The highest BCUT2D eigenvalue weighted by atomic mass is 127. The van der Waals surface area contributed by atoms with Crippen molar-refractivity contribution >= 4 is 22.6 Å². The Bertz CT molecular complexity index is 429. The van der Waals surface area contributed by atoms with Gasteiger partial charge in [-0.25, -0.2) is 4.39 Å². The first-order valence-corrected chi connectivity index (χ1v) is 6.29. The van der Waals surface area contributed by atoms with E-state index >= 15 is 0 Å². The Kier molecular flexibility index (Phi) is 5.65. The fraction of sp³-hybridized carbons (Fsp3) is 0.417. The van der Waals surface area contributed by atoms with E-state index in [0.29, 0.717) is 10.2 Å². The SMILES string of the molecule is CN(C)CCCOc1ccc(I)c(C#N)c1F. The molecular formula is C12H14FIN2O. The predicted molar refractivity (Wildman–Crippen MR) is 72.5 cm³/mol. The van der Waals surface area contributed by atoms with Gasteiger partial charge in [0.05, 0.1) is 6.61 Å². The van der Waals surface area contributed by atoms with E-state index in [0.717, 1.165) is 13.0 Å². The van der Waals surface area contributed by atoms with E-state index in [2.05, 4.69) is 0 Å². The molecule has 5 heteroatoms. The molecule has 0 saturated heterocycles. The summed E-state index contributed by atoms with van der Waals surface area (Å²) in [7, 11) is 3.94. The molecule has 0 heterocycles. The lowest BCUT2D eigenvalue weighted by Gasteiger charge is -2.11. The van der Waals surface area contributed by atoms with Gasteiger partial charge in [-0.3, -0.25) is 0 Å². The smallest absolute Gasteiger partial charge is 0.183 e. The van der Waals surface area contributed by atoms with Gasteiger partial charge in [-0.1, -0.05) is 0 Å². The standard InChI is InChI=1S/C12H14FIN2O/c1-16(2)6-3-7-17-11-5-4-10(14)9(8-15)12(11)13/h4-5H,3,6-7H2,1-2H3. The topological polar surface area (TPSA) is 36.3 Å². The highest BCUT2D eigenvalue weighted by Gasteiger charge is 2.12. The molecular weight excluding hydrogens is 334 g/mol. The van der Waals surface area contributed by atoms with E-state index in [9.17, 15) is 4.39 Å². The van der Waals surface area contributed by atoms with Gasteiger partial charge in [0.25, 0.3) is 0 Å². The van der Waals surface area contributed by atoms with Gasteiger partial charge >= 0.3 is 0 Å². The van der Waals surface area contributed by atoms with Crippen molar-refractivity contribution in [2.75, 3.05) is 27.2 Å². The number of halogens is 2. The van der Waals surface area contributed by atoms with E-state index < -0.39 is 5.82 Å². The van der Waals surface area contributed by atoms with Gasteiger partial charge in [0.1, 0.15) is 11.6 Å². The van der Waals surface area contributed by atoms with Gasteiger partial charge in [0.2, 0.25) is 0 Å². The van der Waals surface area contributed by atoms with Crippen molar-refractivity contribution < 1.29 is 9.13 Å². The molecule has 0 N–H and O–H groups in total. The predicted octanol–water partition coefficient (Wildman–Crippen LogP) is 2.63.